The minimum atomic E-state index is 0.307. The molecule has 2 aromatic rings. The zero-order chi connectivity index (χ0) is 13.0. The first-order chi connectivity index (χ1) is 8.72. The highest BCUT2D eigenvalue weighted by molar-refractivity contribution is 9.10. The fraction of sp³-hybridized carbons (Fsp3) is 0. The van der Waals surface area contributed by atoms with Crippen molar-refractivity contribution in [3.05, 3.63) is 35.2 Å². The topological polar surface area (TPSA) is 106 Å². The highest BCUT2D eigenvalue weighted by Crippen LogP contribution is 2.26. The summed E-state index contributed by atoms with van der Waals surface area (Å²) in [5.41, 5.74) is 5.78. The SMILES string of the molecule is N=C/C=C\Nc1nc(-n2cccn2)nc(N)c1Br. The van der Waals surface area contributed by atoms with E-state index in [1.54, 1.807) is 24.7 Å². The van der Waals surface area contributed by atoms with Crippen molar-refractivity contribution in [2.45, 2.75) is 0 Å². The highest BCUT2D eigenvalue weighted by Gasteiger charge is 2.10. The number of allylic oxidation sites excluding steroid dienone is 1. The Labute approximate surface area is 111 Å². The Kier molecular flexibility index (Phi) is 3.68. The molecule has 0 aromatic carbocycles. The van der Waals surface area contributed by atoms with Gasteiger partial charge in [0.05, 0.1) is 0 Å². The molecule has 0 radical (unpaired) electrons. The Morgan fingerprint density at radius 1 is 1.44 bits per heavy atom. The van der Waals surface area contributed by atoms with Crippen molar-refractivity contribution >= 4 is 33.8 Å². The van der Waals surface area contributed by atoms with Gasteiger partial charge in [0.15, 0.2) is 5.82 Å². The summed E-state index contributed by atoms with van der Waals surface area (Å²) >= 11 is 3.30. The summed E-state index contributed by atoms with van der Waals surface area (Å²) in [5.74, 6) is 1.18. The van der Waals surface area contributed by atoms with Crippen LogP contribution in [0.25, 0.3) is 5.95 Å². The van der Waals surface area contributed by atoms with Crippen LogP contribution in [0.15, 0.2) is 35.2 Å². The van der Waals surface area contributed by atoms with Gasteiger partial charge < -0.3 is 16.5 Å². The van der Waals surface area contributed by atoms with Crippen LogP contribution in [-0.2, 0) is 0 Å². The average molecular weight is 308 g/mol. The van der Waals surface area contributed by atoms with E-state index in [1.807, 2.05) is 0 Å². The van der Waals surface area contributed by atoms with Crippen molar-refractivity contribution < 1.29 is 0 Å². The van der Waals surface area contributed by atoms with Crippen molar-refractivity contribution in [3.63, 3.8) is 0 Å². The lowest BCUT2D eigenvalue weighted by Crippen LogP contribution is -2.07. The summed E-state index contributed by atoms with van der Waals surface area (Å²) in [6.07, 6.45) is 7.61. The van der Waals surface area contributed by atoms with Gasteiger partial charge in [-0.2, -0.15) is 15.1 Å². The zero-order valence-corrected chi connectivity index (χ0v) is 10.8. The Balaban J connectivity index is 2.39. The van der Waals surface area contributed by atoms with Gasteiger partial charge in [-0.3, -0.25) is 0 Å². The van der Waals surface area contributed by atoms with Crippen molar-refractivity contribution in [2.75, 3.05) is 11.1 Å². The van der Waals surface area contributed by atoms with Crippen LogP contribution in [0.5, 0.6) is 0 Å². The van der Waals surface area contributed by atoms with Crippen LogP contribution in [0.1, 0.15) is 0 Å². The fourth-order valence-electron chi connectivity index (χ4n) is 1.21. The molecule has 0 unspecified atom stereocenters. The van der Waals surface area contributed by atoms with Crippen LogP contribution in [0.4, 0.5) is 11.6 Å². The minimum Gasteiger partial charge on any atom is -0.383 e. The maximum atomic E-state index is 6.89. The Morgan fingerprint density at radius 2 is 2.28 bits per heavy atom. The van der Waals surface area contributed by atoms with Gasteiger partial charge in [0.1, 0.15) is 10.3 Å². The van der Waals surface area contributed by atoms with E-state index in [4.69, 9.17) is 11.1 Å². The molecule has 2 rings (SSSR count). The van der Waals surface area contributed by atoms with Gasteiger partial charge in [-0.1, -0.05) is 0 Å². The maximum Gasteiger partial charge on any atom is 0.254 e. The van der Waals surface area contributed by atoms with Gasteiger partial charge >= 0.3 is 0 Å². The quantitative estimate of drug-likeness (QED) is 0.744. The standard InChI is InChI=1S/C10H10BrN7/c11-7-8(13)16-10(18-6-2-5-15-18)17-9(7)14-4-1-3-12/h1-6,12H,(H3,13,14,16,17)/b4-1-,12-3?. The van der Waals surface area contributed by atoms with E-state index < -0.39 is 0 Å². The lowest BCUT2D eigenvalue weighted by atomic mass is 10.5. The van der Waals surface area contributed by atoms with Crippen molar-refractivity contribution in [1.82, 2.24) is 19.7 Å². The third kappa shape index (κ3) is 2.54. The Bertz CT molecular complexity index is 576. The van der Waals surface area contributed by atoms with Gasteiger partial charge in [-0.05, 0) is 28.1 Å². The molecule has 0 amide bonds. The number of hydrogen-bond donors (Lipinski definition) is 3. The van der Waals surface area contributed by atoms with Crippen molar-refractivity contribution in [2.24, 2.45) is 0 Å². The summed E-state index contributed by atoms with van der Waals surface area (Å²) < 4.78 is 2.07. The van der Waals surface area contributed by atoms with Crippen LogP contribution in [-0.4, -0.2) is 26.0 Å². The number of rotatable bonds is 4. The number of nitrogen functional groups attached to an aromatic ring is 1. The second kappa shape index (κ2) is 5.41. The molecule has 92 valence electrons. The van der Waals surface area contributed by atoms with Crippen molar-refractivity contribution in [3.8, 4) is 5.95 Å². The summed E-state index contributed by atoms with van der Waals surface area (Å²) in [6, 6.07) is 1.77. The summed E-state index contributed by atoms with van der Waals surface area (Å²) in [6.45, 7) is 0. The first-order valence-electron chi connectivity index (χ1n) is 4.97. The number of halogens is 1. The third-order valence-corrected chi connectivity index (χ3v) is 2.77. The predicted molar refractivity (Wildman–Crippen MR) is 72.8 cm³/mol. The van der Waals surface area contributed by atoms with E-state index >= 15 is 0 Å². The molecule has 0 aliphatic rings. The largest absolute Gasteiger partial charge is 0.383 e. The van der Waals surface area contributed by atoms with E-state index in [0.29, 0.717) is 22.1 Å². The molecular weight excluding hydrogens is 298 g/mol. The molecule has 4 N–H and O–H groups in total. The number of nitrogens with zero attached hydrogens (tertiary/aromatic N) is 4. The molecule has 0 aliphatic carbocycles. The van der Waals surface area contributed by atoms with Gasteiger partial charge in [0, 0.05) is 24.8 Å². The van der Waals surface area contributed by atoms with Crippen LogP contribution in [0.2, 0.25) is 0 Å². The van der Waals surface area contributed by atoms with Crippen LogP contribution >= 0.6 is 15.9 Å². The molecule has 18 heavy (non-hydrogen) atoms. The first kappa shape index (κ1) is 12.2. The number of hydrogen-bond acceptors (Lipinski definition) is 6. The molecule has 0 saturated heterocycles. The second-order valence-electron chi connectivity index (χ2n) is 3.19. The average Bonchev–Trinajstić information content (AvgIpc) is 2.88. The summed E-state index contributed by atoms with van der Waals surface area (Å²) in [7, 11) is 0. The molecule has 0 spiro atoms. The zero-order valence-electron chi connectivity index (χ0n) is 9.21. The lowest BCUT2D eigenvalue weighted by molar-refractivity contribution is 0.811. The van der Waals surface area contributed by atoms with Crippen LogP contribution in [0, 0.1) is 5.41 Å². The smallest absolute Gasteiger partial charge is 0.254 e. The van der Waals surface area contributed by atoms with Crippen LogP contribution < -0.4 is 11.1 Å². The predicted octanol–water partition coefficient (Wildman–Crippen LogP) is 1.58. The molecule has 2 heterocycles. The van der Waals surface area contributed by atoms with E-state index in [1.165, 1.54) is 10.8 Å². The van der Waals surface area contributed by atoms with E-state index in [-0.39, 0.29) is 0 Å². The highest BCUT2D eigenvalue weighted by atomic mass is 79.9. The molecule has 7 nitrogen and oxygen atoms in total. The lowest BCUT2D eigenvalue weighted by Gasteiger charge is -2.08. The molecule has 0 saturated carbocycles. The molecule has 0 bridgehead atoms. The van der Waals surface area contributed by atoms with E-state index in [0.717, 1.165) is 6.21 Å². The van der Waals surface area contributed by atoms with Gasteiger partial charge in [-0.25, -0.2) is 4.68 Å². The summed E-state index contributed by atoms with van der Waals surface area (Å²) in [5, 5.41) is 13.8. The van der Waals surface area contributed by atoms with Gasteiger partial charge in [-0.15, -0.1) is 0 Å². The first-order valence-corrected chi connectivity index (χ1v) is 5.77. The number of anilines is 2. The normalized spacial score (nSPS) is 10.7. The maximum absolute atomic E-state index is 6.89. The third-order valence-electron chi connectivity index (χ3n) is 1.99. The van der Waals surface area contributed by atoms with Crippen LogP contribution in [0.3, 0.4) is 0 Å². The van der Waals surface area contributed by atoms with Gasteiger partial charge in [0.2, 0.25) is 0 Å². The number of nitrogens with two attached hydrogens (primary N) is 1. The Morgan fingerprint density at radius 3 is 2.94 bits per heavy atom. The summed E-state index contributed by atoms with van der Waals surface area (Å²) in [4.78, 5) is 8.39. The molecule has 0 aliphatic heterocycles. The van der Waals surface area contributed by atoms with Crippen molar-refractivity contribution in [1.29, 1.82) is 5.41 Å². The fourth-order valence-corrected chi connectivity index (χ4v) is 1.50. The van der Waals surface area contributed by atoms with Gasteiger partial charge in [0.25, 0.3) is 5.95 Å². The molecule has 2 aromatic heterocycles. The minimum absolute atomic E-state index is 0.307. The van der Waals surface area contributed by atoms with E-state index in [9.17, 15) is 0 Å². The molecule has 0 atom stereocenters. The monoisotopic (exact) mass is 307 g/mol. The second-order valence-corrected chi connectivity index (χ2v) is 3.99. The molecular formula is C10H10BrN7. The molecule has 8 heteroatoms. The van der Waals surface area contributed by atoms with E-state index in [2.05, 4.69) is 36.3 Å². The number of aromatic nitrogens is 4. The Hall–Kier alpha value is -2.22. The number of nitrogens with one attached hydrogen (secondary N) is 2. The molecule has 0 fully saturated rings.